The molecule has 2 aromatic heterocycles. The maximum Gasteiger partial charge on any atom is 0.138 e. The van der Waals surface area contributed by atoms with Crippen molar-refractivity contribution in [1.82, 2.24) is 14.9 Å². The lowest BCUT2D eigenvalue weighted by Gasteiger charge is -2.27. The highest BCUT2D eigenvalue weighted by atomic mass is 15.2. The summed E-state index contributed by atoms with van der Waals surface area (Å²) in [6.45, 7) is 0.640. The summed E-state index contributed by atoms with van der Waals surface area (Å²) in [5, 5.41) is 6.12. The summed E-state index contributed by atoms with van der Waals surface area (Å²) in [4.78, 5) is 7.53. The predicted molar refractivity (Wildman–Crippen MR) is 207 cm³/mol. The molecule has 0 bridgehead atoms. The summed E-state index contributed by atoms with van der Waals surface area (Å²) in [5.74, 6) is 1.79. The van der Waals surface area contributed by atoms with E-state index in [1.54, 1.807) is 0 Å². The Hall–Kier alpha value is -6.43. The van der Waals surface area contributed by atoms with Crippen LogP contribution < -0.4 is 16.0 Å². The zero-order valence-corrected chi connectivity index (χ0v) is 27.4. The fourth-order valence-electron chi connectivity index (χ4n) is 7.27. The minimum atomic E-state index is -0.335. The average Bonchev–Trinajstić information content (AvgIpc) is 3.46. The van der Waals surface area contributed by atoms with E-state index in [9.17, 15) is 0 Å². The van der Waals surface area contributed by atoms with E-state index in [1.165, 1.54) is 16.5 Å². The molecule has 3 N–H and O–H groups in total. The van der Waals surface area contributed by atoms with Gasteiger partial charge in [0.25, 0.3) is 0 Å². The Balaban J connectivity index is 1.33. The Labute approximate surface area is 291 Å². The van der Waals surface area contributed by atoms with Crippen LogP contribution in [0.4, 0.5) is 17.2 Å². The van der Waals surface area contributed by atoms with E-state index in [1.807, 2.05) is 24.3 Å². The van der Waals surface area contributed by atoms with Crippen molar-refractivity contribution >= 4 is 44.8 Å². The van der Waals surface area contributed by atoms with Crippen molar-refractivity contribution in [2.24, 2.45) is 5.73 Å². The van der Waals surface area contributed by atoms with Crippen LogP contribution in [0.1, 0.15) is 17.2 Å². The minimum absolute atomic E-state index is 0.335. The maximum atomic E-state index is 6.99. The Kier molecular flexibility index (Phi) is 7.45. The highest BCUT2D eigenvalue weighted by Crippen LogP contribution is 2.54. The van der Waals surface area contributed by atoms with Crippen LogP contribution in [0.15, 0.2) is 176 Å². The lowest BCUT2D eigenvalue weighted by molar-refractivity contribution is 0.814. The largest absolute Gasteiger partial charge is 0.367 e. The highest BCUT2D eigenvalue weighted by Gasteiger charge is 2.32. The monoisotopic (exact) mass is 645 g/mol. The van der Waals surface area contributed by atoms with Crippen LogP contribution in [0.2, 0.25) is 0 Å². The van der Waals surface area contributed by atoms with Gasteiger partial charge in [-0.05, 0) is 53.6 Å². The summed E-state index contributed by atoms with van der Waals surface area (Å²) >= 11 is 0. The number of anilines is 3. The number of pyridine rings is 1. The summed E-state index contributed by atoms with van der Waals surface area (Å²) < 4.78 is 2.38. The molecule has 0 spiro atoms. The summed E-state index contributed by atoms with van der Waals surface area (Å²) in [6, 6.07) is 59.1. The van der Waals surface area contributed by atoms with Crippen LogP contribution in [-0.4, -0.2) is 9.55 Å². The molecule has 50 heavy (non-hydrogen) atoms. The van der Waals surface area contributed by atoms with Crippen molar-refractivity contribution in [2.75, 3.05) is 4.90 Å². The van der Waals surface area contributed by atoms with Gasteiger partial charge in [-0.3, -0.25) is 9.47 Å². The van der Waals surface area contributed by atoms with Gasteiger partial charge in [-0.25, -0.2) is 4.98 Å². The van der Waals surface area contributed by atoms with Crippen LogP contribution in [0, 0.1) is 0 Å². The molecule has 1 aliphatic heterocycles. The van der Waals surface area contributed by atoms with Crippen molar-refractivity contribution in [2.45, 2.75) is 12.6 Å². The van der Waals surface area contributed by atoms with E-state index in [0.717, 1.165) is 61.8 Å². The number of para-hydroxylation sites is 4. The third-order valence-corrected chi connectivity index (χ3v) is 9.58. The molecule has 0 radical (unpaired) electrons. The Bertz CT molecular complexity index is 2520. The molecule has 1 aliphatic rings. The van der Waals surface area contributed by atoms with Gasteiger partial charge >= 0.3 is 0 Å². The summed E-state index contributed by atoms with van der Waals surface area (Å²) in [7, 11) is 0. The van der Waals surface area contributed by atoms with E-state index >= 15 is 0 Å². The topological polar surface area (TPSA) is 59.1 Å². The predicted octanol–water partition coefficient (Wildman–Crippen LogP) is 10.6. The summed E-state index contributed by atoms with van der Waals surface area (Å²) in [6.07, 6.45) is 2.16. The van der Waals surface area contributed by atoms with Crippen LogP contribution in [0.25, 0.3) is 50.0 Å². The second-order valence-electron chi connectivity index (χ2n) is 12.6. The lowest BCUT2D eigenvalue weighted by atomic mass is 9.98. The third-order valence-electron chi connectivity index (χ3n) is 9.58. The molecule has 1 atom stereocenters. The Morgan fingerprint density at radius 2 is 1.28 bits per heavy atom. The second-order valence-corrected chi connectivity index (χ2v) is 12.6. The molecular formula is C45H35N5. The standard InChI is InChI=1S/C45H35N5/c46-37(32-17-5-2-6-18-32)29-43(47-30-31-15-3-1-4-16-31)50-40-25-13-9-21-35(40)44-34-20-8-12-24-39(34)49(41-26-14-10-22-36(41)45(44)50)42-28-27-33-19-7-11-23-38(33)48-42/h1-29,37,47H,30,46H2/b43-29+. The first-order chi connectivity index (χ1) is 24.7. The van der Waals surface area contributed by atoms with Crippen LogP contribution in [0.3, 0.4) is 0 Å². The third kappa shape index (κ3) is 5.12. The van der Waals surface area contributed by atoms with Gasteiger partial charge in [0.1, 0.15) is 11.6 Å². The molecular weight excluding hydrogens is 611 g/mol. The molecule has 3 heterocycles. The second kappa shape index (κ2) is 12.5. The van der Waals surface area contributed by atoms with E-state index in [4.69, 9.17) is 10.7 Å². The summed E-state index contributed by atoms with van der Waals surface area (Å²) in [5.41, 5.74) is 17.9. The van der Waals surface area contributed by atoms with E-state index in [0.29, 0.717) is 6.54 Å². The van der Waals surface area contributed by atoms with Gasteiger partial charge in [0.05, 0.1) is 34.1 Å². The van der Waals surface area contributed by atoms with Gasteiger partial charge in [-0.1, -0.05) is 133 Å². The number of nitrogens with one attached hydrogen (secondary N) is 1. The molecule has 0 amide bonds. The maximum absolute atomic E-state index is 6.99. The lowest BCUT2D eigenvalue weighted by Crippen LogP contribution is -2.20. The van der Waals surface area contributed by atoms with Crippen molar-refractivity contribution in [1.29, 1.82) is 0 Å². The first-order valence-electron chi connectivity index (χ1n) is 17.0. The number of fused-ring (bicyclic) bond motifs is 8. The molecule has 240 valence electrons. The van der Waals surface area contributed by atoms with E-state index < -0.39 is 0 Å². The quantitative estimate of drug-likeness (QED) is 0.181. The highest BCUT2D eigenvalue weighted by molar-refractivity contribution is 6.13. The van der Waals surface area contributed by atoms with Gasteiger partial charge in [0.2, 0.25) is 0 Å². The van der Waals surface area contributed by atoms with Crippen molar-refractivity contribution < 1.29 is 0 Å². The Morgan fingerprint density at radius 3 is 2.10 bits per heavy atom. The number of aromatic nitrogens is 2. The van der Waals surface area contributed by atoms with Crippen LogP contribution >= 0.6 is 0 Å². The number of hydrogen-bond acceptors (Lipinski definition) is 4. The van der Waals surface area contributed by atoms with Crippen LogP contribution in [0.5, 0.6) is 0 Å². The normalized spacial score (nSPS) is 13.0. The molecule has 9 rings (SSSR count). The number of benzene rings is 6. The molecule has 5 heteroatoms. The molecule has 8 aromatic rings. The van der Waals surface area contributed by atoms with Crippen molar-refractivity contribution in [3.8, 4) is 22.4 Å². The number of nitrogens with zero attached hydrogens (tertiary/aromatic N) is 3. The van der Waals surface area contributed by atoms with Crippen molar-refractivity contribution in [3.63, 3.8) is 0 Å². The molecule has 1 unspecified atom stereocenters. The SMILES string of the molecule is NC(/C=C(\NCc1ccccc1)n1c2c(c3ccccc31)-c1ccccc1N(c1ccc3ccccc3n1)c1ccccc1-2)c1ccccc1. The Morgan fingerprint density at radius 1 is 0.640 bits per heavy atom. The first-order valence-corrected chi connectivity index (χ1v) is 17.0. The van der Waals surface area contributed by atoms with E-state index in [-0.39, 0.29) is 6.04 Å². The van der Waals surface area contributed by atoms with Crippen LogP contribution in [-0.2, 0) is 6.54 Å². The first kappa shape index (κ1) is 29.7. The minimum Gasteiger partial charge on any atom is -0.367 e. The molecule has 5 nitrogen and oxygen atoms in total. The smallest absolute Gasteiger partial charge is 0.138 e. The van der Waals surface area contributed by atoms with Gasteiger partial charge in [0, 0.05) is 34.0 Å². The number of rotatable bonds is 7. The number of hydrogen-bond donors (Lipinski definition) is 2. The van der Waals surface area contributed by atoms with Crippen molar-refractivity contribution in [3.05, 3.63) is 187 Å². The zero-order valence-electron chi connectivity index (χ0n) is 27.4. The zero-order chi connectivity index (χ0) is 33.4. The molecule has 0 saturated carbocycles. The van der Waals surface area contributed by atoms with Gasteiger partial charge in [0.15, 0.2) is 0 Å². The van der Waals surface area contributed by atoms with Gasteiger partial charge in [-0.15, -0.1) is 0 Å². The molecule has 0 aliphatic carbocycles. The average molecular weight is 646 g/mol. The fraction of sp³-hybridized carbons (Fsp3) is 0.0444. The molecule has 0 fully saturated rings. The number of nitrogens with two attached hydrogens (primary N) is 1. The molecule has 6 aromatic carbocycles. The molecule has 0 saturated heterocycles. The van der Waals surface area contributed by atoms with E-state index in [2.05, 4.69) is 166 Å². The fourth-order valence-corrected chi connectivity index (χ4v) is 7.27. The van der Waals surface area contributed by atoms with Gasteiger partial charge in [-0.2, -0.15) is 0 Å². The van der Waals surface area contributed by atoms with Gasteiger partial charge < -0.3 is 11.1 Å².